The van der Waals surface area contributed by atoms with Crippen molar-refractivity contribution in [1.29, 1.82) is 0 Å². The molecule has 0 heterocycles. The van der Waals surface area contributed by atoms with Gasteiger partial charge in [0, 0.05) is 11.3 Å². The molecule has 0 unspecified atom stereocenters. The van der Waals surface area contributed by atoms with E-state index in [-0.39, 0.29) is 30.9 Å². The molecule has 0 saturated heterocycles. The van der Waals surface area contributed by atoms with Crippen molar-refractivity contribution >= 4 is 17.5 Å². The lowest BCUT2D eigenvalue weighted by Crippen LogP contribution is -2.39. The lowest BCUT2D eigenvalue weighted by atomic mass is 10.1. The van der Waals surface area contributed by atoms with Crippen LogP contribution in [0.2, 0.25) is 0 Å². The van der Waals surface area contributed by atoms with Crippen LogP contribution in [0, 0.1) is 5.82 Å². The Morgan fingerprint density at radius 2 is 1.79 bits per heavy atom. The summed E-state index contributed by atoms with van der Waals surface area (Å²) in [5, 5.41) is 5.48. The minimum atomic E-state index is -0.433. The van der Waals surface area contributed by atoms with E-state index in [1.807, 2.05) is 6.92 Å². The molecule has 2 aromatic rings. The Hall–Kier alpha value is -3.13. The number of halogens is 1. The number of amides is 2. The number of carbonyl (C=O) groups is 2. The van der Waals surface area contributed by atoms with Crippen LogP contribution < -0.4 is 20.1 Å². The maximum absolute atomic E-state index is 13.2. The fourth-order valence-corrected chi connectivity index (χ4v) is 2.86. The lowest BCUT2D eigenvalue weighted by molar-refractivity contribution is -0.123. The molecule has 0 aromatic heterocycles. The minimum Gasteiger partial charge on any atom is -0.497 e. The van der Waals surface area contributed by atoms with Gasteiger partial charge in [-0.3, -0.25) is 14.5 Å². The molecule has 7 nitrogen and oxygen atoms in total. The summed E-state index contributed by atoms with van der Waals surface area (Å²) in [6, 6.07) is 10.7. The third kappa shape index (κ3) is 6.76. The number of benzene rings is 2. The van der Waals surface area contributed by atoms with Gasteiger partial charge >= 0.3 is 0 Å². The average molecular weight is 403 g/mol. The first kappa shape index (κ1) is 22.2. The normalized spacial score (nSPS) is 11.7. The molecule has 2 aromatic carbocycles. The van der Waals surface area contributed by atoms with Gasteiger partial charge in [0.1, 0.15) is 17.3 Å². The second kappa shape index (κ2) is 10.4. The molecule has 8 heteroatoms. The Morgan fingerprint density at radius 1 is 1.07 bits per heavy atom. The molecule has 0 spiro atoms. The van der Waals surface area contributed by atoms with Gasteiger partial charge < -0.3 is 20.1 Å². The number of methoxy groups -OCH3 is 2. The van der Waals surface area contributed by atoms with Gasteiger partial charge in [-0.05, 0) is 50.4 Å². The maximum Gasteiger partial charge on any atom is 0.238 e. The topological polar surface area (TPSA) is 79.9 Å². The Balaban J connectivity index is 1.88. The largest absolute Gasteiger partial charge is 0.497 e. The lowest BCUT2D eigenvalue weighted by Gasteiger charge is -2.20. The molecule has 0 aliphatic carbocycles. The van der Waals surface area contributed by atoms with Crippen LogP contribution in [0.25, 0.3) is 0 Å². The third-order valence-electron chi connectivity index (χ3n) is 4.22. The van der Waals surface area contributed by atoms with E-state index >= 15 is 0 Å². The summed E-state index contributed by atoms with van der Waals surface area (Å²) in [5.41, 5.74) is 1.15. The summed E-state index contributed by atoms with van der Waals surface area (Å²) in [7, 11) is 4.78. The highest BCUT2D eigenvalue weighted by molar-refractivity contribution is 5.92. The summed E-state index contributed by atoms with van der Waals surface area (Å²) in [6.07, 6.45) is 0. The number of nitrogens with zero attached hydrogens (tertiary/aromatic N) is 1. The van der Waals surface area contributed by atoms with Crippen molar-refractivity contribution in [3.05, 3.63) is 53.8 Å². The van der Waals surface area contributed by atoms with Crippen LogP contribution in [0.3, 0.4) is 0 Å². The number of carbonyl (C=O) groups excluding carboxylic acids is 2. The number of likely N-dealkylation sites (N-methyl/N-ethyl adjacent to an activating group) is 1. The molecule has 0 aliphatic heterocycles. The number of rotatable bonds is 9. The maximum atomic E-state index is 13.2. The van der Waals surface area contributed by atoms with Gasteiger partial charge in [-0.2, -0.15) is 0 Å². The van der Waals surface area contributed by atoms with E-state index in [0.717, 1.165) is 5.56 Å². The molecule has 156 valence electrons. The second-order valence-electron chi connectivity index (χ2n) is 6.63. The number of ether oxygens (including phenoxy) is 2. The van der Waals surface area contributed by atoms with E-state index in [1.165, 1.54) is 18.2 Å². The molecule has 0 radical (unpaired) electrons. The van der Waals surface area contributed by atoms with Crippen molar-refractivity contribution in [2.24, 2.45) is 0 Å². The Kier molecular flexibility index (Phi) is 7.97. The fourth-order valence-electron chi connectivity index (χ4n) is 2.86. The highest BCUT2D eigenvalue weighted by Crippen LogP contribution is 2.29. The summed E-state index contributed by atoms with van der Waals surface area (Å²) < 4.78 is 23.8. The van der Waals surface area contributed by atoms with Crippen molar-refractivity contribution in [2.45, 2.75) is 13.0 Å². The first-order valence-corrected chi connectivity index (χ1v) is 9.07. The molecule has 0 saturated carbocycles. The zero-order chi connectivity index (χ0) is 21.4. The van der Waals surface area contributed by atoms with Crippen LogP contribution in [0.4, 0.5) is 10.1 Å². The van der Waals surface area contributed by atoms with E-state index < -0.39 is 5.82 Å². The molecule has 0 bridgehead atoms. The SMILES string of the molecule is COc1ccc(OC)c([C@H](C)NC(=O)CN(C)CC(=O)Nc2cccc(F)c2)c1. The van der Waals surface area contributed by atoms with Crippen molar-refractivity contribution in [3.8, 4) is 11.5 Å². The summed E-state index contributed by atoms with van der Waals surface area (Å²) in [6.45, 7) is 1.85. The standard InChI is InChI=1S/C21H26FN3O4/c1-14(18-11-17(28-3)8-9-19(18)29-4)23-20(26)12-25(2)13-21(27)24-16-7-5-6-15(22)10-16/h5-11,14H,12-13H2,1-4H3,(H,23,26)(H,24,27)/t14-/m0/s1. The first-order valence-electron chi connectivity index (χ1n) is 9.07. The van der Waals surface area contributed by atoms with Crippen LogP contribution >= 0.6 is 0 Å². The van der Waals surface area contributed by atoms with Crippen LogP contribution in [0.5, 0.6) is 11.5 Å². The van der Waals surface area contributed by atoms with E-state index in [0.29, 0.717) is 17.2 Å². The van der Waals surface area contributed by atoms with Gasteiger partial charge in [0.15, 0.2) is 0 Å². The van der Waals surface area contributed by atoms with Gasteiger partial charge in [0.25, 0.3) is 0 Å². The van der Waals surface area contributed by atoms with Crippen molar-refractivity contribution in [1.82, 2.24) is 10.2 Å². The smallest absolute Gasteiger partial charge is 0.238 e. The fraction of sp³-hybridized carbons (Fsp3) is 0.333. The number of hydrogen-bond acceptors (Lipinski definition) is 5. The predicted octanol–water partition coefficient (Wildman–Crippen LogP) is 2.59. The van der Waals surface area contributed by atoms with E-state index in [4.69, 9.17) is 9.47 Å². The summed E-state index contributed by atoms with van der Waals surface area (Å²) in [5.74, 6) is 0.281. The first-order chi connectivity index (χ1) is 13.8. The van der Waals surface area contributed by atoms with Gasteiger partial charge in [0.2, 0.25) is 11.8 Å². The second-order valence-corrected chi connectivity index (χ2v) is 6.63. The van der Waals surface area contributed by atoms with Crippen LogP contribution in [0.15, 0.2) is 42.5 Å². The van der Waals surface area contributed by atoms with Crippen molar-refractivity contribution in [3.63, 3.8) is 0 Å². The molecular weight excluding hydrogens is 377 g/mol. The summed E-state index contributed by atoms with van der Waals surface area (Å²) in [4.78, 5) is 26.0. The average Bonchev–Trinajstić information content (AvgIpc) is 2.66. The van der Waals surface area contributed by atoms with E-state index in [9.17, 15) is 14.0 Å². The molecule has 1 atom stereocenters. The van der Waals surface area contributed by atoms with Gasteiger partial charge in [0.05, 0.1) is 33.4 Å². The Morgan fingerprint density at radius 3 is 2.45 bits per heavy atom. The molecule has 0 fully saturated rings. The highest BCUT2D eigenvalue weighted by Gasteiger charge is 2.17. The molecule has 2 rings (SSSR count). The predicted molar refractivity (Wildman–Crippen MR) is 109 cm³/mol. The number of anilines is 1. The highest BCUT2D eigenvalue weighted by atomic mass is 19.1. The molecule has 0 aliphatic rings. The minimum absolute atomic E-state index is 0.0131. The van der Waals surface area contributed by atoms with Crippen LogP contribution in [-0.4, -0.2) is 51.1 Å². The number of hydrogen-bond donors (Lipinski definition) is 2. The number of nitrogens with one attached hydrogen (secondary N) is 2. The Bertz CT molecular complexity index is 860. The third-order valence-corrected chi connectivity index (χ3v) is 4.22. The quantitative estimate of drug-likeness (QED) is 0.673. The van der Waals surface area contributed by atoms with E-state index in [1.54, 1.807) is 50.4 Å². The Labute approximate surface area is 169 Å². The molecule has 2 amide bonds. The van der Waals surface area contributed by atoms with Gasteiger partial charge in [-0.1, -0.05) is 6.07 Å². The van der Waals surface area contributed by atoms with Gasteiger partial charge in [-0.15, -0.1) is 0 Å². The van der Waals surface area contributed by atoms with Crippen LogP contribution in [-0.2, 0) is 9.59 Å². The zero-order valence-corrected chi connectivity index (χ0v) is 17.0. The molecular formula is C21H26FN3O4. The van der Waals surface area contributed by atoms with Crippen molar-refractivity contribution in [2.75, 3.05) is 39.7 Å². The summed E-state index contributed by atoms with van der Waals surface area (Å²) >= 11 is 0. The monoisotopic (exact) mass is 403 g/mol. The molecule has 29 heavy (non-hydrogen) atoms. The van der Waals surface area contributed by atoms with Gasteiger partial charge in [-0.25, -0.2) is 4.39 Å². The molecule has 2 N–H and O–H groups in total. The zero-order valence-electron chi connectivity index (χ0n) is 17.0. The van der Waals surface area contributed by atoms with E-state index in [2.05, 4.69) is 10.6 Å². The van der Waals surface area contributed by atoms with Crippen molar-refractivity contribution < 1.29 is 23.5 Å². The van der Waals surface area contributed by atoms with Crippen LogP contribution in [0.1, 0.15) is 18.5 Å².